The molecule has 1 amide bonds. The van der Waals surface area contributed by atoms with Gasteiger partial charge in [-0.2, -0.15) is 5.10 Å². The van der Waals surface area contributed by atoms with Gasteiger partial charge in [0.25, 0.3) is 5.91 Å². The molecule has 0 unspecified atom stereocenters. The van der Waals surface area contributed by atoms with E-state index in [0.717, 1.165) is 30.0 Å². The van der Waals surface area contributed by atoms with E-state index >= 15 is 0 Å². The summed E-state index contributed by atoms with van der Waals surface area (Å²) in [6.45, 7) is 4.55. The van der Waals surface area contributed by atoms with E-state index in [-0.39, 0.29) is 5.91 Å². The lowest BCUT2D eigenvalue weighted by molar-refractivity contribution is 0.0953. The summed E-state index contributed by atoms with van der Waals surface area (Å²) in [6.07, 6.45) is 3.44. The van der Waals surface area contributed by atoms with E-state index in [0.29, 0.717) is 28.2 Å². The van der Waals surface area contributed by atoms with Crippen molar-refractivity contribution in [1.82, 2.24) is 20.1 Å². The Morgan fingerprint density at radius 1 is 1.31 bits per heavy atom. The minimum atomic E-state index is -0.213. The third kappa shape index (κ3) is 3.37. The van der Waals surface area contributed by atoms with Crippen molar-refractivity contribution in [2.45, 2.75) is 26.7 Å². The molecule has 0 fully saturated rings. The molecule has 0 saturated heterocycles. The van der Waals surface area contributed by atoms with Gasteiger partial charge < -0.3 is 10.1 Å². The summed E-state index contributed by atoms with van der Waals surface area (Å²) in [4.78, 5) is 16.8. The molecule has 0 atom stereocenters. The lowest BCUT2D eigenvalue weighted by Gasteiger charge is -2.08. The Kier molecular flexibility index (Phi) is 5.42. The second-order valence-corrected chi connectivity index (χ2v) is 6.37. The summed E-state index contributed by atoms with van der Waals surface area (Å²) in [5.41, 5.74) is 2.54. The molecule has 1 aromatic carbocycles. The van der Waals surface area contributed by atoms with Gasteiger partial charge in [0.1, 0.15) is 5.75 Å². The lowest BCUT2D eigenvalue weighted by Crippen LogP contribution is -2.24. The summed E-state index contributed by atoms with van der Waals surface area (Å²) in [6, 6.07) is 7.50. The van der Waals surface area contributed by atoms with Gasteiger partial charge in [-0.25, -0.2) is 9.67 Å². The Morgan fingerprint density at radius 2 is 2.04 bits per heavy atom. The number of methoxy groups -OCH3 is 1. The Labute approximate surface area is 157 Å². The third-order valence-corrected chi connectivity index (χ3v) is 4.58. The molecule has 7 heteroatoms. The highest BCUT2D eigenvalue weighted by Crippen LogP contribution is 2.30. The maximum absolute atomic E-state index is 12.4. The highest BCUT2D eigenvalue weighted by molar-refractivity contribution is 6.38. The number of amides is 1. The zero-order chi connectivity index (χ0) is 18.7. The monoisotopic (exact) mass is 372 g/mol. The molecule has 3 aromatic rings. The first-order valence-electron chi connectivity index (χ1n) is 8.53. The van der Waals surface area contributed by atoms with E-state index in [9.17, 15) is 4.79 Å². The van der Waals surface area contributed by atoms with Gasteiger partial charge in [0.2, 0.25) is 0 Å². The van der Waals surface area contributed by atoms with Crippen molar-refractivity contribution >= 4 is 28.5 Å². The van der Waals surface area contributed by atoms with Crippen LogP contribution in [0.2, 0.25) is 5.02 Å². The fraction of sp³-hybridized carbons (Fsp3) is 0.316. The number of nitrogens with one attached hydrogen (secondary N) is 1. The minimum Gasteiger partial charge on any atom is -0.497 e. The smallest absolute Gasteiger partial charge is 0.254 e. The lowest BCUT2D eigenvalue weighted by atomic mass is 10.2. The molecule has 2 aromatic heterocycles. The van der Waals surface area contributed by atoms with Crippen LogP contribution >= 0.6 is 11.6 Å². The van der Waals surface area contributed by atoms with Gasteiger partial charge in [0, 0.05) is 12.7 Å². The van der Waals surface area contributed by atoms with Crippen LogP contribution in [0.15, 0.2) is 30.5 Å². The predicted molar refractivity (Wildman–Crippen MR) is 102 cm³/mol. The normalized spacial score (nSPS) is 10.9. The number of aromatic nitrogens is 3. The van der Waals surface area contributed by atoms with Gasteiger partial charge in [0.05, 0.1) is 34.5 Å². The molecule has 0 aliphatic carbocycles. The molecule has 2 heterocycles. The average Bonchev–Trinajstić information content (AvgIpc) is 2.99. The molecule has 1 N–H and O–H groups in total. The van der Waals surface area contributed by atoms with E-state index in [1.807, 2.05) is 31.2 Å². The number of carbonyl (C=O) groups excluding carboxylic acids is 1. The molecule has 3 rings (SSSR count). The van der Waals surface area contributed by atoms with Crippen molar-refractivity contribution in [3.8, 4) is 11.4 Å². The summed E-state index contributed by atoms with van der Waals surface area (Å²) < 4.78 is 6.91. The highest BCUT2D eigenvalue weighted by Gasteiger charge is 2.19. The van der Waals surface area contributed by atoms with Crippen LogP contribution in [0.4, 0.5) is 0 Å². The Hall–Kier alpha value is -2.60. The summed E-state index contributed by atoms with van der Waals surface area (Å²) in [5.74, 6) is 0.549. The molecule has 136 valence electrons. The van der Waals surface area contributed by atoms with E-state index in [4.69, 9.17) is 16.3 Å². The molecule has 0 bridgehead atoms. The van der Waals surface area contributed by atoms with E-state index in [1.165, 1.54) is 6.20 Å². The van der Waals surface area contributed by atoms with Gasteiger partial charge in [-0.05, 0) is 37.6 Å². The Balaban J connectivity index is 2.01. The second kappa shape index (κ2) is 7.74. The van der Waals surface area contributed by atoms with Crippen LogP contribution < -0.4 is 10.1 Å². The molecular weight excluding hydrogens is 352 g/mol. The molecule has 0 aliphatic heterocycles. The van der Waals surface area contributed by atoms with Crippen molar-refractivity contribution in [1.29, 1.82) is 0 Å². The molecular formula is C19H21ClN4O2. The topological polar surface area (TPSA) is 69.0 Å². The van der Waals surface area contributed by atoms with Gasteiger partial charge in [-0.15, -0.1) is 0 Å². The number of aryl methyl sites for hydroxylation is 1. The minimum absolute atomic E-state index is 0.213. The van der Waals surface area contributed by atoms with Crippen LogP contribution in [-0.2, 0) is 0 Å². The highest BCUT2D eigenvalue weighted by atomic mass is 35.5. The number of benzene rings is 1. The predicted octanol–water partition coefficient (Wildman–Crippen LogP) is 3.92. The molecule has 0 saturated carbocycles. The number of hydrogen-bond acceptors (Lipinski definition) is 4. The van der Waals surface area contributed by atoms with Crippen LogP contribution in [0, 0.1) is 6.92 Å². The second-order valence-electron chi connectivity index (χ2n) is 5.99. The number of fused-ring (bicyclic) bond motifs is 1. The van der Waals surface area contributed by atoms with E-state index < -0.39 is 0 Å². The van der Waals surface area contributed by atoms with Crippen LogP contribution in [0.3, 0.4) is 0 Å². The largest absolute Gasteiger partial charge is 0.497 e. The van der Waals surface area contributed by atoms with Gasteiger partial charge >= 0.3 is 0 Å². The average molecular weight is 373 g/mol. The van der Waals surface area contributed by atoms with Gasteiger partial charge in [-0.1, -0.05) is 24.9 Å². The van der Waals surface area contributed by atoms with Gasteiger partial charge in [0.15, 0.2) is 5.65 Å². The van der Waals surface area contributed by atoms with Gasteiger partial charge in [-0.3, -0.25) is 4.79 Å². The number of ether oxygens (including phenoxy) is 1. The van der Waals surface area contributed by atoms with Crippen LogP contribution in [0.25, 0.3) is 16.7 Å². The van der Waals surface area contributed by atoms with Crippen molar-refractivity contribution in [3.63, 3.8) is 0 Å². The fourth-order valence-electron chi connectivity index (χ4n) is 2.74. The van der Waals surface area contributed by atoms with Crippen LogP contribution in [0.1, 0.15) is 35.8 Å². The first kappa shape index (κ1) is 18.2. The van der Waals surface area contributed by atoms with Crippen molar-refractivity contribution in [3.05, 3.63) is 46.7 Å². The maximum atomic E-state index is 12.4. The van der Waals surface area contributed by atoms with E-state index in [2.05, 4.69) is 22.3 Å². The zero-order valence-electron chi connectivity index (χ0n) is 15.0. The number of hydrogen-bond donors (Lipinski definition) is 1. The summed E-state index contributed by atoms with van der Waals surface area (Å²) >= 11 is 6.53. The molecule has 0 spiro atoms. The first-order chi connectivity index (χ1) is 12.6. The SMILES string of the molecule is CCCCNC(=O)c1cnc2c(c(C)nn2-c2ccc(OC)cc2)c1Cl. The van der Waals surface area contributed by atoms with Crippen molar-refractivity contribution in [2.75, 3.05) is 13.7 Å². The fourth-order valence-corrected chi connectivity index (χ4v) is 3.10. The third-order valence-electron chi connectivity index (χ3n) is 4.19. The molecule has 0 radical (unpaired) electrons. The number of pyridine rings is 1. The van der Waals surface area contributed by atoms with Crippen LogP contribution in [0.5, 0.6) is 5.75 Å². The maximum Gasteiger partial charge on any atom is 0.254 e. The quantitative estimate of drug-likeness (QED) is 0.666. The van der Waals surface area contributed by atoms with Crippen LogP contribution in [-0.4, -0.2) is 34.3 Å². The number of carbonyl (C=O) groups is 1. The number of halogens is 1. The number of unbranched alkanes of at least 4 members (excludes halogenated alkanes) is 1. The van der Waals surface area contributed by atoms with Crippen molar-refractivity contribution < 1.29 is 9.53 Å². The summed E-state index contributed by atoms with van der Waals surface area (Å²) in [5, 5.41) is 8.48. The number of nitrogens with zero attached hydrogens (tertiary/aromatic N) is 3. The Bertz CT molecular complexity index is 935. The molecule has 6 nitrogen and oxygen atoms in total. The summed E-state index contributed by atoms with van der Waals surface area (Å²) in [7, 11) is 1.62. The van der Waals surface area contributed by atoms with Crippen molar-refractivity contribution in [2.24, 2.45) is 0 Å². The molecule has 26 heavy (non-hydrogen) atoms. The first-order valence-corrected chi connectivity index (χ1v) is 8.91. The Morgan fingerprint density at radius 3 is 2.69 bits per heavy atom. The van der Waals surface area contributed by atoms with E-state index in [1.54, 1.807) is 11.8 Å². The standard InChI is InChI=1S/C19H21ClN4O2/c1-4-5-10-21-19(25)15-11-22-18-16(17(15)20)12(2)23-24(18)13-6-8-14(26-3)9-7-13/h6-9,11H,4-5,10H2,1-3H3,(H,21,25). The molecule has 0 aliphatic rings. The zero-order valence-corrected chi connectivity index (χ0v) is 15.8. The number of rotatable bonds is 6.